The maximum absolute atomic E-state index is 6.67. The van der Waals surface area contributed by atoms with E-state index in [1.165, 1.54) is 111 Å². The van der Waals surface area contributed by atoms with E-state index in [2.05, 4.69) is 277 Å². The van der Waals surface area contributed by atoms with Crippen LogP contribution in [0, 0.1) is 0 Å². The van der Waals surface area contributed by atoms with Crippen molar-refractivity contribution in [3.63, 3.8) is 0 Å². The molecular weight excluding hydrogens is 997 g/mol. The minimum Gasteiger partial charge on any atom is -0.453 e. The molecular formula is C78H48N2O2. The molecule has 0 aromatic heterocycles. The van der Waals surface area contributed by atoms with E-state index in [9.17, 15) is 0 Å². The van der Waals surface area contributed by atoms with Crippen molar-refractivity contribution in [1.29, 1.82) is 0 Å². The van der Waals surface area contributed by atoms with Crippen molar-refractivity contribution < 1.29 is 9.47 Å². The lowest BCUT2D eigenvalue weighted by molar-refractivity contribution is 0.477. The molecule has 4 nitrogen and oxygen atoms in total. The van der Waals surface area contributed by atoms with E-state index in [0.29, 0.717) is 0 Å². The largest absolute Gasteiger partial charge is 0.453 e. The van der Waals surface area contributed by atoms with Crippen LogP contribution in [-0.2, 0) is 0 Å². The number of ether oxygens (including phenoxy) is 2. The Morgan fingerprint density at radius 1 is 0.232 bits per heavy atom. The highest BCUT2D eigenvalue weighted by Gasteiger charge is 2.45. The van der Waals surface area contributed by atoms with Crippen LogP contribution < -0.4 is 19.3 Å². The number of hydrogen-bond acceptors (Lipinski definition) is 4. The standard InChI is InChI=1S/C78H48N2O2/c1-5-23-51-47(19-1)71-48-20-2-6-24-52(48)75(51)77-57(71)27-17-29-59(77)73-55-41-39-46(80-65-33-11-15-37-69(65)82-70-38-16-12-34-66(70)80)44-62(55)74(56-42-40-45(43-61(56)73)79-63-31-9-13-35-67(63)81-68-36-14-10-32-64(68)79)60-30-18-28-58-72-49-21-3-7-25-53(49)76(78(58)60)54-26-8-4-22-50(54)72/h1-44,71-72,75-76H. The van der Waals surface area contributed by atoms with Gasteiger partial charge in [-0.1, -0.05) is 194 Å². The van der Waals surface area contributed by atoms with Crippen molar-refractivity contribution in [1.82, 2.24) is 0 Å². The molecule has 0 saturated carbocycles. The van der Waals surface area contributed by atoms with Gasteiger partial charge in [-0.05, 0) is 183 Å². The Hall–Kier alpha value is -10.4. The van der Waals surface area contributed by atoms with Crippen LogP contribution in [0.25, 0.3) is 43.8 Å². The molecule has 0 saturated heterocycles. The molecule has 13 aromatic carbocycles. The number of fused-ring (bicyclic) bond motifs is 6. The molecule has 4 bridgehead atoms. The summed E-state index contributed by atoms with van der Waals surface area (Å²) in [7, 11) is 0. The van der Waals surface area contributed by atoms with Crippen LogP contribution in [0.4, 0.5) is 34.1 Å². The second kappa shape index (κ2) is 16.6. The molecule has 82 heavy (non-hydrogen) atoms. The van der Waals surface area contributed by atoms with Crippen LogP contribution in [0.2, 0.25) is 0 Å². The number of nitrogens with zero attached hydrogens (tertiary/aromatic N) is 2. The Bertz CT molecular complexity index is 4460. The van der Waals surface area contributed by atoms with E-state index in [1.807, 2.05) is 0 Å². The second-order valence-electron chi connectivity index (χ2n) is 22.8. The Morgan fingerprint density at radius 2 is 0.512 bits per heavy atom. The summed E-state index contributed by atoms with van der Waals surface area (Å²) in [4.78, 5) is 4.81. The predicted molar refractivity (Wildman–Crippen MR) is 331 cm³/mol. The van der Waals surface area contributed by atoms with E-state index in [1.54, 1.807) is 0 Å². The number of hydrogen-bond donors (Lipinski definition) is 0. The Balaban J connectivity index is 0.967. The molecule has 0 spiro atoms. The molecule has 0 amide bonds. The Kier molecular flexibility index (Phi) is 8.98. The maximum atomic E-state index is 6.67. The van der Waals surface area contributed by atoms with Gasteiger partial charge < -0.3 is 19.3 Å². The van der Waals surface area contributed by atoms with Crippen molar-refractivity contribution in [3.05, 3.63) is 334 Å². The van der Waals surface area contributed by atoms with Crippen LogP contribution in [0.5, 0.6) is 23.0 Å². The van der Waals surface area contributed by atoms with Crippen LogP contribution in [0.3, 0.4) is 0 Å². The van der Waals surface area contributed by atoms with E-state index in [-0.39, 0.29) is 23.7 Å². The molecule has 13 aromatic rings. The van der Waals surface area contributed by atoms with Crippen LogP contribution in [0.15, 0.2) is 267 Å². The van der Waals surface area contributed by atoms with Crippen LogP contribution >= 0.6 is 0 Å². The van der Waals surface area contributed by atoms with Gasteiger partial charge in [0.15, 0.2) is 23.0 Å². The van der Waals surface area contributed by atoms with E-state index >= 15 is 0 Å². The third-order valence-corrected chi connectivity index (χ3v) is 19.0. The summed E-state index contributed by atoms with van der Waals surface area (Å²) in [5.41, 5.74) is 28.0. The van der Waals surface area contributed by atoms with Gasteiger partial charge in [0.25, 0.3) is 0 Å². The molecule has 382 valence electrons. The third kappa shape index (κ3) is 5.90. The quantitative estimate of drug-likeness (QED) is 0.164. The fraction of sp³-hybridized carbons (Fsp3) is 0.0513. The summed E-state index contributed by atoms with van der Waals surface area (Å²) in [5.74, 6) is 3.65. The Labute approximate surface area is 475 Å². The maximum Gasteiger partial charge on any atom is 0.151 e. The summed E-state index contributed by atoms with van der Waals surface area (Å²) in [6, 6.07) is 99.7. The lowest BCUT2D eigenvalue weighted by Crippen LogP contribution is -2.28. The normalized spacial score (nSPS) is 17.4. The summed E-state index contributed by atoms with van der Waals surface area (Å²) in [6.07, 6.45) is 0. The summed E-state index contributed by atoms with van der Waals surface area (Å²) in [6.45, 7) is 0. The van der Waals surface area contributed by atoms with Crippen molar-refractivity contribution in [3.8, 4) is 45.3 Å². The fourth-order valence-corrected chi connectivity index (χ4v) is 15.9. The highest BCUT2D eigenvalue weighted by molar-refractivity contribution is 6.24. The summed E-state index contributed by atoms with van der Waals surface area (Å²) < 4.78 is 13.3. The monoisotopic (exact) mass is 1040 g/mol. The number of anilines is 6. The van der Waals surface area contributed by atoms with Gasteiger partial charge in [-0.2, -0.15) is 0 Å². The van der Waals surface area contributed by atoms with Gasteiger partial charge in [0.05, 0.1) is 22.7 Å². The van der Waals surface area contributed by atoms with Crippen molar-refractivity contribution >= 4 is 55.7 Å². The second-order valence-corrected chi connectivity index (χ2v) is 22.8. The van der Waals surface area contributed by atoms with E-state index < -0.39 is 0 Å². The molecule has 0 unspecified atom stereocenters. The topological polar surface area (TPSA) is 24.9 Å². The molecule has 21 rings (SSSR count). The first-order valence-electron chi connectivity index (χ1n) is 28.7. The average molecular weight is 1050 g/mol. The minimum absolute atomic E-state index is 0.0482. The van der Waals surface area contributed by atoms with Gasteiger partial charge in [0.2, 0.25) is 0 Å². The highest BCUT2D eigenvalue weighted by Crippen LogP contribution is 2.63. The first-order chi connectivity index (χ1) is 40.7. The molecule has 6 aliphatic carbocycles. The molecule has 4 heteroatoms. The van der Waals surface area contributed by atoms with Crippen molar-refractivity contribution in [2.75, 3.05) is 9.80 Å². The van der Waals surface area contributed by atoms with Crippen LogP contribution in [-0.4, -0.2) is 0 Å². The van der Waals surface area contributed by atoms with E-state index in [4.69, 9.17) is 9.47 Å². The first-order valence-corrected chi connectivity index (χ1v) is 28.7. The van der Waals surface area contributed by atoms with Gasteiger partial charge >= 0.3 is 0 Å². The lowest BCUT2D eigenvalue weighted by atomic mass is 9.59. The number of rotatable bonds is 4. The third-order valence-electron chi connectivity index (χ3n) is 19.0. The van der Waals surface area contributed by atoms with Gasteiger partial charge in [-0.25, -0.2) is 0 Å². The van der Waals surface area contributed by atoms with Crippen molar-refractivity contribution in [2.45, 2.75) is 23.7 Å². The van der Waals surface area contributed by atoms with Gasteiger partial charge in [0, 0.05) is 35.0 Å². The number of benzene rings is 13. The first kappa shape index (κ1) is 44.4. The molecule has 2 heterocycles. The van der Waals surface area contributed by atoms with Gasteiger partial charge in [-0.15, -0.1) is 0 Å². The molecule has 0 atom stereocenters. The molecule has 8 aliphatic rings. The zero-order chi connectivity index (χ0) is 53.3. The molecule has 0 fully saturated rings. The Morgan fingerprint density at radius 3 is 0.841 bits per heavy atom. The number of para-hydroxylation sites is 8. The summed E-state index contributed by atoms with van der Waals surface area (Å²) >= 11 is 0. The van der Waals surface area contributed by atoms with Crippen LogP contribution in [0.1, 0.15) is 90.4 Å². The fourth-order valence-electron chi connectivity index (χ4n) is 15.9. The van der Waals surface area contributed by atoms with E-state index in [0.717, 1.165) is 57.1 Å². The van der Waals surface area contributed by atoms with Crippen molar-refractivity contribution in [2.24, 2.45) is 0 Å². The SMILES string of the molecule is c1ccc2c(c1)Oc1ccccc1N2c1ccc2c(-c3cccc4c3C3c5ccccc5C4c4ccccc43)c3cc(N4c5ccccc5Oc5ccccc54)ccc3c(-c3cccc4c3C3c5ccccc5C4c4ccccc43)c2c1. The smallest absolute Gasteiger partial charge is 0.151 e. The summed E-state index contributed by atoms with van der Waals surface area (Å²) in [5, 5.41) is 4.81. The predicted octanol–water partition coefficient (Wildman–Crippen LogP) is 20.5. The van der Waals surface area contributed by atoms with Gasteiger partial charge in [-0.3, -0.25) is 0 Å². The minimum atomic E-state index is 0.0482. The molecule has 2 aliphatic heterocycles. The lowest BCUT2D eigenvalue weighted by Gasteiger charge is -2.43. The molecule has 0 N–H and O–H groups in total. The molecule has 0 radical (unpaired) electrons. The zero-order valence-electron chi connectivity index (χ0n) is 44.4. The average Bonchev–Trinajstić information content (AvgIpc) is 2.73. The highest BCUT2D eigenvalue weighted by atomic mass is 16.5. The van der Waals surface area contributed by atoms with Gasteiger partial charge in [0.1, 0.15) is 0 Å². The zero-order valence-corrected chi connectivity index (χ0v) is 44.4.